The molecule has 1 rings (SSSR count). The summed E-state index contributed by atoms with van der Waals surface area (Å²) in [5, 5.41) is 6.37. The number of hydrogen-bond donors (Lipinski definition) is 2. The number of nitrogens with zero attached hydrogens (tertiary/aromatic N) is 1. The van der Waals surface area contributed by atoms with Gasteiger partial charge >= 0.3 is 0 Å². The molecule has 0 aromatic rings. The van der Waals surface area contributed by atoms with Gasteiger partial charge in [0.1, 0.15) is 0 Å². The van der Waals surface area contributed by atoms with E-state index in [0.29, 0.717) is 12.6 Å². The van der Waals surface area contributed by atoms with Crippen molar-refractivity contribution in [3.8, 4) is 0 Å². The van der Waals surface area contributed by atoms with Crippen LogP contribution in [0.3, 0.4) is 0 Å². The zero-order valence-corrected chi connectivity index (χ0v) is 12.7. The maximum Gasteiger partial charge on any atom is 0.234 e. The Balaban J connectivity index is 1.97. The van der Waals surface area contributed by atoms with Crippen molar-refractivity contribution >= 4 is 5.91 Å². The second-order valence-corrected chi connectivity index (χ2v) is 5.46. The van der Waals surface area contributed by atoms with Crippen LogP contribution in [0.4, 0.5) is 0 Å². The standard InChI is InChI=1S/C15H31N3O/c1-3-18(4-2)12-8-11-16-13-15(19)17-14-9-6-5-7-10-14/h14,16H,3-13H2,1-2H3,(H,17,19). The average Bonchev–Trinajstić information content (AvgIpc) is 2.44. The molecule has 2 N–H and O–H groups in total. The predicted octanol–water partition coefficient (Wildman–Crippen LogP) is 1.76. The quantitative estimate of drug-likeness (QED) is 0.627. The van der Waals surface area contributed by atoms with Crippen LogP contribution in [0.25, 0.3) is 0 Å². The highest BCUT2D eigenvalue weighted by Crippen LogP contribution is 2.16. The molecule has 0 aromatic heterocycles. The summed E-state index contributed by atoms with van der Waals surface area (Å²) < 4.78 is 0. The molecule has 19 heavy (non-hydrogen) atoms. The maximum absolute atomic E-state index is 11.7. The lowest BCUT2D eigenvalue weighted by Crippen LogP contribution is -2.41. The lowest BCUT2D eigenvalue weighted by molar-refractivity contribution is -0.121. The van der Waals surface area contributed by atoms with Gasteiger partial charge in [0, 0.05) is 6.04 Å². The molecule has 0 bridgehead atoms. The Morgan fingerprint density at radius 1 is 1.16 bits per heavy atom. The van der Waals surface area contributed by atoms with Crippen LogP contribution in [0.1, 0.15) is 52.4 Å². The maximum atomic E-state index is 11.7. The molecular weight excluding hydrogens is 238 g/mol. The van der Waals surface area contributed by atoms with Crippen LogP contribution in [0.5, 0.6) is 0 Å². The number of nitrogens with one attached hydrogen (secondary N) is 2. The third-order valence-electron chi connectivity index (χ3n) is 3.98. The fourth-order valence-corrected chi connectivity index (χ4v) is 2.70. The minimum atomic E-state index is 0.162. The lowest BCUT2D eigenvalue weighted by atomic mass is 9.95. The molecule has 112 valence electrons. The Hall–Kier alpha value is -0.610. The van der Waals surface area contributed by atoms with E-state index in [0.717, 1.165) is 45.4 Å². The molecule has 1 amide bonds. The normalized spacial score (nSPS) is 16.8. The summed E-state index contributed by atoms with van der Waals surface area (Å²) in [6.07, 6.45) is 7.29. The van der Waals surface area contributed by atoms with Crippen molar-refractivity contribution in [2.75, 3.05) is 32.7 Å². The highest BCUT2D eigenvalue weighted by atomic mass is 16.1. The number of rotatable bonds is 9. The largest absolute Gasteiger partial charge is 0.352 e. The minimum Gasteiger partial charge on any atom is -0.352 e. The molecule has 0 spiro atoms. The van der Waals surface area contributed by atoms with Crippen LogP contribution in [-0.4, -0.2) is 49.6 Å². The summed E-state index contributed by atoms with van der Waals surface area (Å²) in [4.78, 5) is 14.1. The van der Waals surface area contributed by atoms with Gasteiger partial charge in [-0.1, -0.05) is 33.1 Å². The molecule has 0 aliphatic heterocycles. The van der Waals surface area contributed by atoms with Crippen LogP contribution >= 0.6 is 0 Å². The van der Waals surface area contributed by atoms with E-state index < -0.39 is 0 Å². The molecule has 0 atom stereocenters. The molecule has 1 fully saturated rings. The molecule has 4 nitrogen and oxygen atoms in total. The van der Waals surface area contributed by atoms with Crippen molar-refractivity contribution in [1.29, 1.82) is 0 Å². The molecular formula is C15H31N3O. The van der Waals surface area contributed by atoms with Crippen molar-refractivity contribution in [1.82, 2.24) is 15.5 Å². The molecule has 1 aliphatic carbocycles. The zero-order chi connectivity index (χ0) is 13.9. The van der Waals surface area contributed by atoms with Gasteiger partial charge in [-0.2, -0.15) is 0 Å². The van der Waals surface area contributed by atoms with E-state index in [9.17, 15) is 4.79 Å². The topological polar surface area (TPSA) is 44.4 Å². The first-order valence-corrected chi connectivity index (χ1v) is 7.98. The Labute approximate surface area is 118 Å². The van der Waals surface area contributed by atoms with Crippen LogP contribution in [0.15, 0.2) is 0 Å². The molecule has 0 radical (unpaired) electrons. The molecule has 0 saturated heterocycles. The first-order chi connectivity index (χ1) is 9.26. The van der Waals surface area contributed by atoms with Gasteiger partial charge in [-0.3, -0.25) is 4.79 Å². The summed E-state index contributed by atoms with van der Waals surface area (Å²) in [7, 11) is 0. The van der Waals surface area contributed by atoms with E-state index in [1.165, 1.54) is 19.3 Å². The van der Waals surface area contributed by atoms with Gasteiger partial charge in [0.2, 0.25) is 5.91 Å². The Bertz CT molecular complexity index is 236. The first kappa shape index (κ1) is 16.4. The third kappa shape index (κ3) is 7.53. The highest BCUT2D eigenvalue weighted by Gasteiger charge is 2.14. The second-order valence-electron chi connectivity index (χ2n) is 5.46. The van der Waals surface area contributed by atoms with Gasteiger partial charge in [-0.05, 0) is 45.4 Å². The molecule has 4 heteroatoms. The van der Waals surface area contributed by atoms with Crippen molar-refractivity contribution in [2.24, 2.45) is 0 Å². The van der Waals surface area contributed by atoms with Gasteiger partial charge in [-0.25, -0.2) is 0 Å². The first-order valence-electron chi connectivity index (χ1n) is 7.98. The monoisotopic (exact) mass is 269 g/mol. The van der Waals surface area contributed by atoms with Crippen molar-refractivity contribution in [3.05, 3.63) is 0 Å². The number of carbonyl (C=O) groups is 1. The molecule has 1 saturated carbocycles. The third-order valence-corrected chi connectivity index (χ3v) is 3.98. The SMILES string of the molecule is CCN(CC)CCCNCC(=O)NC1CCCCC1. The summed E-state index contributed by atoms with van der Waals surface area (Å²) in [5.41, 5.74) is 0. The van der Waals surface area contributed by atoms with Crippen molar-refractivity contribution < 1.29 is 4.79 Å². The van der Waals surface area contributed by atoms with E-state index in [4.69, 9.17) is 0 Å². The van der Waals surface area contributed by atoms with E-state index in [-0.39, 0.29) is 5.91 Å². The fourth-order valence-electron chi connectivity index (χ4n) is 2.70. The highest BCUT2D eigenvalue weighted by molar-refractivity contribution is 5.78. The van der Waals surface area contributed by atoms with E-state index in [1.807, 2.05) is 0 Å². The van der Waals surface area contributed by atoms with E-state index >= 15 is 0 Å². The van der Waals surface area contributed by atoms with E-state index in [1.54, 1.807) is 0 Å². The number of hydrogen-bond acceptors (Lipinski definition) is 3. The summed E-state index contributed by atoms with van der Waals surface area (Å²) in [6, 6.07) is 0.429. The Morgan fingerprint density at radius 3 is 2.47 bits per heavy atom. The Kier molecular flexibility index (Phi) is 8.84. The van der Waals surface area contributed by atoms with Gasteiger partial charge < -0.3 is 15.5 Å². The predicted molar refractivity (Wildman–Crippen MR) is 80.3 cm³/mol. The van der Waals surface area contributed by atoms with Crippen LogP contribution in [-0.2, 0) is 4.79 Å². The lowest BCUT2D eigenvalue weighted by Gasteiger charge is -2.23. The summed E-state index contributed by atoms with van der Waals surface area (Å²) in [5.74, 6) is 0.162. The smallest absolute Gasteiger partial charge is 0.234 e. The average molecular weight is 269 g/mol. The van der Waals surface area contributed by atoms with Crippen LogP contribution in [0, 0.1) is 0 Å². The van der Waals surface area contributed by atoms with Gasteiger partial charge in [-0.15, -0.1) is 0 Å². The van der Waals surface area contributed by atoms with E-state index in [2.05, 4.69) is 29.4 Å². The van der Waals surface area contributed by atoms with Crippen LogP contribution < -0.4 is 10.6 Å². The number of carbonyl (C=O) groups excluding carboxylic acids is 1. The Morgan fingerprint density at radius 2 is 1.84 bits per heavy atom. The molecule has 1 aliphatic rings. The zero-order valence-electron chi connectivity index (χ0n) is 12.7. The number of amides is 1. The van der Waals surface area contributed by atoms with Crippen LogP contribution in [0.2, 0.25) is 0 Å². The fraction of sp³-hybridized carbons (Fsp3) is 0.933. The molecule has 0 heterocycles. The summed E-state index contributed by atoms with van der Waals surface area (Å²) >= 11 is 0. The van der Waals surface area contributed by atoms with Gasteiger partial charge in [0.15, 0.2) is 0 Å². The minimum absolute atomic E-state index is 0.162. The molecule has 0 aromatic carbocycles. The molecule has 0 unspecified atom stereocenters. The summed E-state index contributed by atoms with van der Waals surface area (Å²) in [6.45, 7) is 9.11. The van der Waals surface area contributed by atoms with Gasteiger partial charge in [0.05, 0.1) is 6.54 Å². The van der Waals surface area contributed by atoms with Crippen molar-refractivity contribution in [3.63, 3.8) is 0 Å². The van der Waals surface area contributed by atoms with Crippen molar-refractivity contribution in [2.45, 2.75) is 58.4 Å². The van der Waals surface area contributed by atoms with Gasteiger partial charge in [0.25, 0.3) is 0 Å². The second kappa shape index (κ2) is 10.2.